The summed E-state index contributed by atoms with van der Waals surface area (Å²) in [6.45, 7) is 8.49. The average Bonchev–Trinajstić information content (AvgIpc) is 3.02. The number of ether oxygens (including phenoxy) is 2. The quantitative estimate of drug-likeness (QED) is 0.594. The van der Waals surface area contributed by atoms with Crippen molar-refractivity contribution in [3.05, 3.63) is 29.8 Å². The van der Waals surface area contributed by atoms with Crippen LogP contribution in [0.15, 0.2) is 24.3 Å². The number of methoxy groups -OCH3 is 2. The van der Waals surface area contributed by atoms with Crippen molar-refractivity contribution >= 4 is 22.7 Å². The molecule has 0 aliphatic rings. The highest BCUT2D eigenvalue weighted by Crippen LogP contribution is 2.40. The molecule has 6 heteroatoms. The SMILES string of the molecule is CCCN(CCC)c1ccc(-c2cc(OC)c(OC)cc2C)c2nc(N)n(C)c12. The number of anilines is 2. The standard InChI is InChI=1S/C23H32N4O2/c1-7-11-27(12-8-2)18-10-9-16(21-22(18)26(4)23(24)25-21)17-14-20(29-6)19(28-5)13-15(17)3/h9-10,13-14H,7-8,11-12H2,1-6H3,(H2,24,25). The summed E-state index contributed by atoms with van der Waals surface area (Å²) >= 11 is 0. The Bertz CT molecular complexity index is 1000. The molecular formula is C23H32N4O2. The molecule has 2 aromatic carbocycles. The number of benzene rings is 2. The lowest BCUT2D eigenvalue weighted by Crippen LogP contribution is -2.25. The second-order valence-corrected chi connectivity index (χ2v) is 7.37. The normalized spacial score (nSPS) is 11.1. The first-order chi connectivity index (χ1) is 14.0. The Labute approximate surface area is 173 Å². The minimum Gasteiger partial charge on any atom is -0.493 e. The van der Waals surface area contributed by atoms with Crippen molar-refractivity contribution in [1.82, 2.24) is 9.55 Å². The number of fused-ring (bicyclic) bond motifs is 1. The first-order valence-electron chi connectivity index (χ1n) is 10.2. The van der Waals surface area contributed by atoms with Gasteiger partial charge in [-0.15, -0.1) is 0 Å². The van der Waals surface area contributed by atoms with Gasteiger partial charge in [-0.1, -0.05) is 13.8 Å². The van der Waals surface area contributed by atoms with Gasteiger partial charge < -0.3 is 24.7 Å². The van der Waals surface area contributed by atoms with Crippen LogP contribution in [0.2, 0.25) is 0 Å². The Kier molecular flexibility index (Phi) is 6.20. The molecular weight excluding hydrogens is 364 g/mol. The fourth-order valence-corrected chi connectivity index (χ4v) is 3.95. The summed E-state index contributed by atoms with van der Waals surface area (Å²) in [5.74, 6) is 1.94. The Hall–Kier alpha value is -2.89. The minimum absolute atomic E-state index is 0.514. The van der Waals surface area contributed by atoms with E-state index in [1.807, 2.05) is 23.7 Å². The molecule has 0 aliphatic carbocycles. The van der Waals surface area contributed by atoms with Gasteiger partial charge >= 0.3 is 0 Å². The summed E-state index contributed by atoms with van der Waals surface area (Å²) in [6.07, 6.45) is 2.18. The van der Waals surface area contributed by atoms with Gasteiger partial charge in [0.15, 0.2) is 11.5 Å². The Morgan fingerprint density at radius 3 is 2.21 bits per heavy atom. The maximum absolute atomic E-state index is 6.24. The van der Waals surface area contributed by atoms with E-state index in [0.717, 1.165) is 59.4 Å². The molecule has 6 nitrogen and oxygen atoms in total. The predicted octanol–water partition coefficient (Wildman–Crippen LogP) is 4.77. The number of nitrogens with two attached hydrogens (primary N) is 1. The topological polar surface area (TPSA) is 65.5 Å². The summed E-state index contributed by atoms with van der Waals surface area (Å²) in [6, 6.07) is 8.36. The van der Waals surface area contributed by atoms with Gasteiger partial charge in [0.25, 0.3) is 0 Å². The molecule has 1 aromatic heterocycles. The number of hydrogen-bond donors (Lipinski definition) is 1. The smallest absolute Gasteiger partial charge is 0.201 e. The van der Waals surface area contributed by atoms with E-state index in [0.29, 0.717) is 11.7 Å². The van der Waals surface area contributed by atoms with Crippen LogP contribution in [0.1, 0.15) is 32.3 Å². The van der Waals surface area contributed by atoms with Crippen LogP contribution in [0.3, 0.4) is 0 Å². The Balaban J connectivity index is 2.27. The first-order valence-corrected chi connectivity index (χ1v) is 10.2. The molecule has 0 unspecified atom stereocenters. The molecule has 3 rings (SSSR count). The summed E-state index contributed by atoms with van der Waals surface area (Å²) < 4.78 is 13.0. The lowest BCUT2D eigenvalue weighted by Gasteiger charge is -2.25. The monoisotopic (exact) mass is 396 g/mol. The highest BCUT2D eigenvalue weighted by molar-refractivity contribution is 6.01. The number of hydrogen-bond acceptors (Lipinski definition) is 5. The third kappa shape index (κ3) is 3.71. The van der Waals surface area contributed by atoms with Gasteiger partial charge in [0.2, 0.25) is 5.95 Å². The maximum atomic E-state index is 6.24. The van der Waals surface area contributed by atoms with Crippen LogP contribution >= 0.6 is 0 Å². The van der Waals surface area contributed by atoms with Gasteiger partial charge in [-0.3, -0.25) is 0 Å². The molecule has 0 atom stereocenters. The van der Waals surface area contributed by atoms with Gasteiger partial charge in [-0.05, 0) is 55.2 Å². The second kappa shape index (κ2) is 8.64. The summed E-state index contributed by atoms with van der Waals surface area (Å²) in [4.78, 5) is 7.16. The third-order valence-corrected chi connectivity index (χ3v) is 5.38. The second-order valence-electron chi connectivity index (χ2n) is 7.37. The van der Waals surface area contributed by atoms with E-state index in [-0.39, 0.29) is 0 Å². The zero-order chi connectivity index (χ0) is 21.1. The number of aryl methyl sites for hydroxylation is 2. The van der Waals surface area contributed by atoms with Crippen molar-refractivity contribution in [2.24, 2.45) is 7.05 Å². The molecule has 0 amide bonds. The number of nitrogens with zero attached hydrogens (tertiary/aromatic N) is 3. The molecule has 0 saturated heterocycles. The Morgan fingerprint density at radius 2 is 1.62 bits per heavy atom. The van der Waals surface area contributed by atoms with E-state index in [1.165, 1.54) is 5.69 Å². The van der Waals surface area contributed by atoms with Crippen molar-refractivity contribution in [2.75, 3.05) is 37.9 Å². The van der Waals surface area contributed by atoms with E-state index in [1.54, 1.807) is 14.2 Å². The van der Waals surface area contributed by atoms with Crippen LogP contribution < -0.4 is 20.1 Å². The molecule has 29 heavy (non-hydrogen) atoms. The van der Waals surface area contributed by atoms with Crippen LogP contribution in [0, 0.1) is 6.92 Å². The highest BCUT2D eigenvalue weighted by atomic mass is 16.5. The first kappa shape index (κ1) is 20.8. The number of imidazole rings is 1. The summed E-state index contributed by atoms with van der Waals surface area (Å²) in [5, 5.41) is 0. The molecule has 3 aromatic rings. The van der Waals surface area contributed by atoms with Crippen LogP contribution in [0.5, 0.6) is 11.5 Å². The number of aromatic nitrogens is 2. The van der Waals surface area contributed by atoms with Crippen molar-refractivity contribution in [3.8, 4) is 22.6 Å². The highest BCUT2D eigenvalue weighted by Gasteiger charge is 2.20. The average molecular weight is 397 g/mol. The van der Waals surface area contributed by atoms with E-state index in [9.17, 15) is 0 Å². The fraction of sp³-hybridized carbons (Fsp3) is 0.435. The van der Waals surface area contributed by atoms with E-state index in [4.69, 9.17) is 20.2 Å². The van der Waals surface area contributed by atoms with Crippen molar-refractivity contribution in [2.45, 2.75) is 33.6 Å². The molecule has 0 fully saturated rings. The summed E-state index contributed by atoms with van der Waals surface area (Å²) in [5.41, 5.74) is 12.6. The minimum atomic E-state index is 0.514. The van der Waals surface area contributed by atoms with Crippen LogP contribution in [0.4, 0.5) is 11.6 Å². The maximum Gasteiger partial charge on any atom is 0.201 e. The van der Waals surface area contributed by atoms with Gasteiger partial charge in [-0.25, -0.2) is 4.98 Å². The predicted molar refractivity (Wildman–Crippen MR) is 121 cm³/mol. The van der Waals surface area contributed by atoms with Crippen LogP contribution in [-0.2, 0) is 7.05 Å². The molecule has 0 spiro atoms. The van der Waals surface area contributed by atoms with E-state index in [2.05, 4.69) is 37.8 Å². The molecule has 0 aliphatic heterocycles. The largest absolute Gasteiger partial charge is 0.493 e. The fourth-order valence-electron chi connectivity index (χ4n) is 3.95. The zero-order valence-corrected chi connectivity index (χ0v) is 18.4. The summed E-state index contributed by atoms with van der Waals surface area (Å²) in [7, 11) is 5.29. The van der Waals surface area contributed by atoms with Crippen molar-refractivity contribution in [3.63, 3.8) is 0 Å². The van der Waals surface area contributed by atoms with Gasteiger partial charge in [0.05, 0.1) is 25.4 Å². The van der Waals surface area contributed by atoms with Gasteiger partial charge in [-0.2, -0.15) is 0 Å². The van der Waals surface area contributed by atoms with E-state index >= 15 is 0 Å². The Morgan fingerprint density at radius 1 is 1.00 bits per heavy atom. The molecule has 2 N–H and O–H groups in total. The van der Waals surface area contributed by atoms with Crippen LogP contribution in [-0.4, -0.2) is 36.9 Å². The lowest BCUT2D eigenvalue weighted by atomic mass is 9.97. The van der Waals surface area contributed by atoms with Crippen LogP contribution in [0.25, 0.3) is 22.2 Å². The van der Waals surface area contributed by atoms with E-state index < -0.39 is 0 Å². The lowest BCUT2D eigenvalue weighted by molar-refractivity contribution is 0.355. The van der Waals surface area contributed by atoms with Crippen molar-refractivity contribution in [1.29, 1.82) is 0 Å². The third-order valence-electron chi connectivity index (χ3n) is 5.38. The zero-order valence-electron chi connectivity index (χ0n) is 18.4. The molecule has 1 heterocycles. The molecule has 0 bridgehead atoms. The molecule has 156 valence electrons. The number of rotatable bonds is 8. The molecule has 0 saturated carbocycles. The number of nitrogen functional groups attached to an aromatic ring is 1. The molecule has 0 radical (unpaired) electrons. The van der Waals surface area contributed by atoms with Gasteiger partial charge in [0, 0.05) is 25.7 Å². The van der Waals surface area contributed by atoms with Gasteiger partial charge in [0.1, 0.15) is 5.52 Å². The van der Waals surface area contributed by atoms with Crippen molar-refractivity contribution < 1.29 is 9.47 Å².